The Hall–Kier alpha value is -4.41. The number of nitrogens with zero attached hydrogens (tertiary/aromatic N) is 5. The molecule has 5 heterocycles. The van der Waals surface area contributed by atoms with Crippen LogP contribution in [-0.4, -0.2) is 86.4 Å². The maximum Gasteiger partial charge on any atom is 0.411 e. The molecule has 3 N–H and O–H groups in total. The molecule has 11 nitrogen and oxygen atoms in total. The van der Waals surface area contributed by atoms with Crippen LogP contribution in [0.1, 0.15) is 74.1 Å². The summed E-state index contributed by atoms with van der Waals surface area (Å²) in [6.45, 7) is 9.91. The third-order valence-electron chi connectivity index (χ3n) is 9.68. The summed E-state index contributed by atoms with van der Waals surface area (Å²) in [6, 6.07) is 11.1. The molecule has 6 rings (SSSR count). The van der Waals surface area contributed by atoms with Gasteiger partial charge >= 0.3 is 6.09 Å². The lowest BCUT2D eigenvalue weighted by molar-refractivity contribution is -0.143. The predicted octanol–water partition coefficient (Wildman–Crippen LogP) is 5.30. The van der Waals surface area contributed by atoms with Gasteiger partial charge in [0.05, 0.1) is 11.1 Å². The number of H-pyrrole nitrogens is 1. The second-order valence-electron chi connectivity index (χ2n) is 13.7. The number of aromatic amines is 1. The van der Waals surface area contributed by atoms with Gasteiger partial charge in [-0.25, -0.2) is 4.79 Å². The van der Waals surface area contributed by atoms with Gasteiger partial charge in [0.1, 0.15) is 6.61 Å². The lowest BCUT2D eigenvalue weighted by Gasteiger charge is -2.32. The maximum absolute atomic E-state index is 13.6. The quantitative estimate of drug-likeness (QED) is 0.216. The number of carboxylic acid groups (broad SMARTS) is 1. The number of aryl methyl sites for hydroxylation is 2. The molecule has 0 saturated carbocycles. The van der Waals surface area contributed by atoms with Crippen molar-refractivity contribution in [2.24, 2.45) is 10.4 Å². The minimum Gasteiger partial charge on any atom is -0.475 e. The minimum atomic E-state index is -1.15. The number of aliphatic imine (C=N–C) groups is 1. The number of ether oxygens (including phenoxy) is 1. The molecule has 3 saturated heterocycles. The van der Waals surface area contributed by atoms with E-state index in [4.69, 9.17) is 9.73 Å². The first-order valence-electron chi connectivity index (χ1n) is 16.4. The van der Waals surface area contributed by atoms with Gasteiger partial charge in [-0.1, -0.05) is 17.2 Å². The van der Waals surface area contributed by atoms with Gasteiger partial charge in [-0.2, -0.15) is 0 Å². The lowest BCUT2D eigenvalue weighted by atomic mass is 9.92. The van der Waals surface area contributed by atoms with Gasteiger partial charge in [-0.05, 0) is 96.0 Å². The van der Waals surface area contributed by atoms with Crippen LogP contribution in [0.25, 0.3) is 11.3 Å². The summed E-state index contributed by atoms with van der Waals surface area (Å²) < 4.78 is 6.36. The summed E-state index contributed by atoms with van der Waals surface area (Å²) in [7, 11) is 0. The van der Waals surface area contributed by atoms with Crippen molar-refractivity contribution in [2.45, 2.75) is 84.2 Å². The monoisotopic (exact) mass is 627 g/mol. The van der Waals surface area contributed by atoms with Crippen molar-refractivity contribution in [3.63, 3.8) is 0 Å². The van der Waals surface area contributed by atoms with Crippen molar-refractivity contribution in [3.05, 3.63) is 65.0 Å². The van der Waals surface area contributed by atoms with Gasteiger partial charge in [0.15, 0.2) is 0 Å². The second-order valence-corrected chi connectivity index (χ2v) is 13.7. The number of pyridine rings is 1. The SMILES string of the molecule is Cc1cc(C)cc(-c2[nH]nc(OCC(C)(C)C(=O)N3C4CCC3CC4)c2CCN=C(NC(=O)O)N2CCC(c3ccncc3)C2)c1. The Labute approximate surface area is 270 Å². The van der Waals surface area contributed by atoms with E-state index in [1.54, 1.807) is 12.4 Å². The first kappa shape index (κ1) is 31.6. The number of hydrogen-bond donors (Lipinski definition) is 3. The van der Waals surface area contributed by atoms with Crippen molar-refractivity contribution >= 4 is 18.0 Å². The number of benzene rings is 1. The van der Waals surface area contributed by atoms with E-state index in [1.165, 1.54) is 5.56 Å². The molecule has 2 aromatic heterocycles. The Morgan fingerprint density at radius 3 is 2.39 bits per heavy atom. The fourth-order valence-electron chi connectivity index (χ4n) is 7.41. The molecule has 0 radical (unpaired) electrons. The predicted molar refractivity (Wildman–Crippen MR) is 176 cm³/mol. The normalized spacial score (nSPS) is 21.2. The third kappa shape index (κ3) is 6.73. The van der Waals surface area contributed by atoms with Crippen LogP contribution in [0.3, 0.4) is 0 Å². The standard InChI is InChI=1S/C35H45N7O4/c1-22-17-23(2)19-26(18-22)30-29(31(40-39-30)46-21-35(3,4)32(43)42-27-5-6-28(42)8-7-27)11-15-37-33(38-34(44)45)41-16-12-25(20-41)24-9-13-36-14-10-24/h9-10,13-14,17-19,25,27-28H,5-8,11-12,15-16,20-21H2,1-4H3,(H,37,38)(H,39,40)(H,44,45). The highest BCUT2D eigenvalue weighted by Crippen LogP contribution is 2.40. The first-order chi connectivity index (χ1) is 22.1. The molecule has 244 valence electrons. The summed E-state index contributed by atoms with van der Waals surface area (Å²) >= 11 is 0. The molecule has 2 amide bonds. The van der Waals surface area contributed by atoms with Crippen molar-refractivity contribution in [1.29, 1.82) is 0 Å². The Kier molecular flexibility index (Phi) is 9.02. The number of hydrogen-bond acceptors (Lipinski definition) is 6. The van der Waals surface area contributed by atoms with Crippen LogP contribution in [0, 0.1) is 19.3 Å². The summed E-state index contributed by atoms with van der Waals surface area (Å²) in [5.41, 5.74) is 5.42. The van der Waals surface area contributed by atoms with E-state index in [0.29, 0.717) is 50.0 Å². The molecule has 3 fully saturated rings. The fourth-order valence-corrected chi connectivity index (χ4v) is 7.41. The Balaban J connectivity index is 1.21. The highest BCUT2D eigenvalue weighted by molar-refractivity contribution is 5.93. The summed E-state index contributed by atoms with van der Waals surface area (Å²) in [6.07, 6.45) is 8.16. The number of carbonyl (C=O) groups is 2. The number of aromatic nitrogens is 3. The molecule has 0 spiro atoms. The van der Waals surface area contributed by atoms with Crippen LogP contribution in [0.2, 0.25) is 0 Å². The van der Waals surface area contributed by atoms with Gasteiger partial charge in [0, 0.05) is 61.2 Å². The Bertz CT molecular complexity index is 1560. The summed E-state index contributed by atoms with van der Waals surface area (Å²) in [4.78, 5) is 38.4. The van der Waals surface area contributed by atoms with Gasteiger partial charge in [-0.15, -0.1) is 5.10 Å². The Morgan fingerprint density at radius 2 is 1.74 bits per heavy atom. The number of amides is 2. The molecular formula is C35H45N7O4. The average molecular weight is 628 g/mol. The molecule has 46 heavy (non-hydrogen) atoms. The molecule has 1 atom stereocenters. The maximum atomic E-state index is 13.6. The molecule has 1 aromatic carbocycles. The molecule has 2 bridgehead atoms. The van der Waals surface area contributed by atoms with E-state index in [0.717, 1.165) is 60.1 Å². The minimum absolute atomic E-state index is 0.147. The van der Waals surface area contributed by atoms with E-state index >= 15 is 0 Å². The number of carbonyl (C=O) groups excluding carboxylic acids is 1. The van der Waals surface area contributed by atoms with E-state index in [9.17, 15) is 14.7 Å². The molecule has 3 aliphatic rings. The average Bonchev–Trinajstić information content (AvgIpc) is 3.83. The van der Waals surface area contributed by atoms with Gasteiger partial charge < -0.3 is 19.6 Å². The zero-order valence-corrected chi connectivity index (χ0v) is 27.3. The smallest absolute Gasteiger partial charge is 0.411 e. The molecular weight excluding hydrogens is 582 g/mol. The van der Waals surface area contributed by atoms with Gasteiger partial charge in [0.2, 0.25) is 17.7 Å². The van der Waals surface area contributed by atoms with E-state index in [1.807, 2.05) is 30.9 Å². The lowest BCUT2D eigenvalue weighted by Crippen LogP contribution is -2.46. The van der Waals surface area contributed by atoms with Crippen molar-refractivity contribution in [1.82, 2.24) is 30.3 Å². The Morgan fingerprint density at radius 1 is 1.07 bits per heavy atom. The van der Waals surface area contributed by atoms with Crippen LogP contribution >= 0.6 is 0 Å². The van der Waals surface area contributed by atoms with E-state index < -0.39 is 11.5 Å². The van der Waals surface area contributed by atoms with Crippen LogP contribution in [0.15, 0.2) is 47.7 Å². The van der Waals surface area contributed by atoms with Crippen LogP contribution in [-0.2, 0) is 11.2 Å². The van der Waals surface area contributed by atoms with Crippen LogP contribution in [0.5, 0.6) is 5.88 Å². The fraction of sp³-hybridized carbons (Fsp3) is 0.514. The van der Waals surface area contributed by atoms with Gasteiger partial charge in [-0.3, -0.25) is 25.2 Å². The van der Waals surface area contributed by atoms with Crippen LogP contribution < -0.4 is 10.1 Å². The van der Waals surface area contributed by atoms with E-state index in [-0.39, 0.29) is 18.4 Å². The molecule has 0 aliphatic carbocycles. The second kappa shape index (κ2) is 13.1. The summed E-state index contributed by atoms with van der Waals surface area (Å²) in [5.74, 6) is 1.21. The number of rotatable bonds is 9. The molecule has 3 aromatic rings. The molecule has 3 aliphatic heterocycles. The largest absolute Gasteiger partial charge is 0.475 e. The topological polar surface area (TPSA) is 136 Å². The zero-order valence-electron chi connectivity index (χ0n) is 27.3. The van der Waals surface area contributed by atoms with Crippen molar-refractivity contribution in [2.75, 3.05) is 26.2 Å². The van der Waals surface area contributed by atoms with Crippen molar-refractivity contribution < 1.29 is 19.4 Å². The van der Waals surface area contributed by atoms with E-state index in [2.05, 4.69) is 57.4 Å². The number of likely N-dealkylation sites (tertiary alicyclic amines) is 1. The van der Waals surface area contributed by atoms with Crippen LogP contribution in [0.4, 0.5) is 4.79 Å². The number of guanidine groups is 1. The summed E-state index contributed by atoms with van der Waals surface area (Å²) in [5, 5.41) is 19.9. The number of fused-ring (bicyclic) bond motifs is 2. The third-order valence-corrected chi connectivity index (χ3v) is 9.68. The first-order valence-corrected chi connectivity index (χ1v) is 16.4. The molecule has 11 heteroatoms. The highest BCUT2D eigenvalue weighted by Gasteiger charge is 2.46. The van der Waals surface area contributed by atoms with Gasteiger partial charge in [0.25, 0.3) is 0 Å². The van der Waals surface area contributed by atoms with Crippen molar-refractivity contribution in [3.8, 4) is 17.1 Å². The molecule has 1 unspecified atom stereocenters. The zero-order chi connectivity index (χ0) is 32.4. The highest BCUT2D eigenvalue weighted by atomic mass is 16.5. The number of nitrogens with one attached hydrogen (secondary N) is 2.